The first-order chi connectivity index (χ1) is 18.2. The summed E-state index contributed by atoms with van der Waals surface area (Å²) in [4.78, 5) is 15.7. The number of hydrogen-bond donors (Lipinski definition) is 2. The minimum absolute atomic E-state index is 0.0383. The minimum atomic E-state index is -3.77. The van der Waals surface area contributed by atoms with Crippen molar-refractivity contribution in [3.05, 3.63) is 78.0 Å². The number of nitrogens with zero attached hydrogens (tertiary/aromatic N) is 2. The first kappa shape index (κ1) is 24.9. The molecule has 2 aromatic carbocycles. The van der Waals surface area contributed by atoms with E-state index in [2.05, 4.69) is 22.4 Å². The molecule has 3 bridgehead atoms. The largest absolute Gasteiger partial charge is 0.478 e. The van der Waals surface area contributed by atoms with E-state index in [1.165, 1.54) is 79.2 Å². The van der Waals surface area contributed by atoms with E-state index in [0.717, 1.165) is 17.8 Å². The highest BCUT2D eigenvalue weighted by molar-refractivity contribution is 7.92. The topological polar surface area (TPSA) is 99.6 Å². The quantitative estimate of drug-likeness (QED) is 0.376. The van der Waals surface area contributed by atoms with Crippen LogP contribution in [-0.4, -0.2) is 31.5 Å². The van der Waals surface area contributed by atoms with Crippen LogP contribution in [0.15, 0.2) is 71.8 Å². The van der Waals surface area contributed by atoms with Crippen molar-refractivity contribution in [3.63, 3.8) is 0 Å². The average Bonchev–Trinajstić information content (AvgIpc) is 2.92. The Bertz CT molecular complexity index is 1450. The van der Waals surface area contributed by atoms with E-state index < -0.39 is 16.0 Å². The van der Waals surface area contributed by atoms with Crippen molar-refractivity contribution in [2.24, 2.45) is 17.8 Å². The second kappa shape index (κ2) is 9.42. The molecule has 8 heteroatoms. The summed E-state index contributed by atoms with van der Waals surface area (Å²) >= 11 is 0. The molecule has 3 saturated carbocycles. The number of aromatic carboxylic acids is 1. The molecule has 0 aliphatic heterocycles. The summed E-state index contributed by atoms with van der Waals surface area (Å²) in [6.45, 7) is 0. The van der Waals surface area contributed by atoms with Gasteiger partial charge in [0.05, 0.1) is 10.6 Å². The van der Waals surface area contributed by atoms with Crippen molar-refractivity contribution in [2.75, 3.05) is 16.7 Å². The Kier molecular flexibility index (Phi) is 6.17. The smallest absolute Gasteiger partial charge is 0.339 e. The maximum absolute atomic E-state index is 13.4. The number of carboxylic acid groups (broad SMARTS) is 1. The summed E-state index contributed by atoms with van der Waals surface area (Å²) < 4.78 is 28.1. The molecule has 1 heterocycles. The van der Waals surface area contributed by atoms with Gasteiger partial charge in [-0.25, -0.2) is 18.2 Å². The van der Waals surface area contributed by atoms with Crippen LogP contribution >= 0.6 is 0 Å². The third-order valence-corrected chi connectivity index (χ3v) is 11.0. The lowest BCUT2D eigenvalue weighted by molar-refractivity contribution is 0.00964. The number of fused-ring (bicyclic) bond motifs is 2. The van der Waals surface area contributed by atoms with Crippen LogP contribution in [0.5, 0.6) is 0 Å². The van der Waals surface area contributed by atoms with Crippen molar-refractivity contribution < 1.29 is 18.3 Å². The molecule has 0 radical (unpaired) electrons. The Hall–Kier alpha value is -3.39. The number of sulfonamides is 1. The molecule has 6 rings (SSSR count). The van der Waals surface area contributed by atoms with Crippen LogP contribution in [0, 0.1) is 17.8 Å². The van der Waals surface area contributed by atoms with E-state index in [1.807, 2.05) is 12.1 Å². The van der Waals surface area contributed by atoms with Crippen LogP contribution in [0.25, 0.3) is 0 Å². The third-order valence-electron chi connectivity index (χ3n) is 9.23. The second-order valence-electron chi connectivity index (χ2n) is 11.3. The highest BCUT2D eigenvalue weighted by Gasteiger charge is 2.49. The van der Waals surface area contributed by atoms with Crippen molar-refractivity contribution in [1.82, 2.24) is 4.98 Å². The molecular formula is C30H33N3O4S. The minimum Gasteiger partial charge on any atom is -0.478 e. The summed E-state index contributed by atoms with van der Waals surface area (Å²) in [7, 11) is -2.19. The highest BCUT2D eigenvalue weighted by atomic mass is 32.2. The molecule has 3 aromatic rings. The molecule has 4 unspecified atom stereocenters. The molecule has 3 fully saturated rings. The first-order valence-electron chi connectivity index (χ1n) is 13.4. The van der Waals surface area contributed by atoms with Crippen LogP contribution in [0.4, 0.5) is 17.2 Å². The van der Waals surface area contributed by atoms with E-state index in [-0.39, 0.29) is 21.7 Å². The molecule has 38 heavy (non-hydrogen) atoms. The summed E-state index contributed by atoms with van der Waals surface area (Å²) in [5, 5.41) is 12.3. The first-order valence-corrected chi connectivity index (χ1v) is 14.8. The van der Waals surface area contributed by atoms with Crippen LogP contribution < -0.4 is 9.62 Å². The zero-order valence-corrected chi connectivity index (χ0v) is 22.3. The van der Waals surface area contributed by atoms with Crippen molar-refractivity contribution in [1.29, 1.82) is 0 Å². The van der Waals surface area contributed by atoms with Gasteiger partial charge in [-0.2, -0.15) is 0 Å². The zero-order chi connectivity index (χ0) is 26.5. The predicted molar refractivity (Wildman–Crippen MR) is 147 cm³/mol. The predicted octanol–water partition coefficient (Wildman–Crippen LogP) is 6.21. The van der Waals surface area contributed by atoms with Crippen molar-refractivity contribution in [2.45, 2.75) is 55.3 Å². The summed E-state index contributed by atoms with van der Waals surface area (Å²) in [5.41, 5.74) is 2.85. The monoisotopic (exact) mass is 531 g/mol. The van der Waals surface area contributed by atoms with E-state index in [1.54, 1.807) is 25.2 Å². The van der Waals surface area contributed by atoms with Gasteiger partial charge in [-0.1, -0.05) is 18.6 Å². The molecule has 198 valence electrons. The normalized spacial score (nSPS) is 26.1. The fraction of sp³-hybridized carbons (Fsp3) is 0.400. The van der Waals surface area contributed by atoms with Gasteiger partial charge in [0.1, 0.15) is 11.4 Å². The number of carbonyl (C=O) groups is 1. The Morgan fingerprint density at radius 2 is 1.76 bits per heavy atom. The highest BCUT2D eigenvalue weighted by Crippen LogP contribution is 2.59. The maximum Gasteiger partial charge on any atom is 0.339 e. The fourth-order valence-electron chi connectivity index (χ4n) is 7.27. The molecule has 3 aliphatic carbocycles. The molecule has 4 atom stereocenters. The van der Waals surface area contributed by atoms with Gasteiger partial charge in [0, 0.05) is 18.9 Å². The van der Waals surface area contributed by atoms with E-state index in [4.69, 9.17) is 0 Å². The van der Waals surface area contributed by atoms with Gasteiger partial charge in [0.25, 0.3) is 10.0 Å². The van der Waals surface area contributed by atoms with E-state index in [9.17, 15) is 18.3 Å². The van der Waals surface area contributed by atoms with Crippen LogP contribution in [0.2, 0.25) is 0 Å². The summed E-state index contributed by atoms with van der Waals surface area (Å²) in [6.07, 6.45) is 10.8. The molecule has 0 saturated heterocycles. The van der Waals surface area contributed by atoms with Gasteiger partial charge in [0.15, 0.2) is 0 Å². The van der Waals surface area contributed by atoms with Gasteiger partial charge in [-0.3, -0.25) is 4.31 Å². The Morgan fingerprint density at radius 1 is 1.00 bits per heavy atom. The standard InChI is InChI=1S/C30H33N3O4S/c1-33(25-10-6-23(7-11-25)30-15-14-21-5-4-20(18-30)17-22(21)19-30)38(36,37)26-12-8-24(9-13-26)32-28-27(29(34)35)3-2-16-31-28/h2-3,6-13,16,20-22H,4-5,14-15,17-19H2,1H3,(H,31,32)(H,34,35). The van der Waals surface area contributed by atoms with Gasteiger partial charge in [-0.15, -0.1) is 0 Å². The molecule has 0 amide bonds. The number of aromatic nitrogens is 1. The van der Waals surface area contributed by atoms with Gasteiger partial charge >= 0.3 is 5.97 Å². The molecule has 1 aromatic heterocycles. The number of carboxylic acids is 1. The van der Waals surface area contributed by atoms with Crippen molar-refractivity contribution in [3.8, 4) is 0 Å². The maximum atomic E-state index is 13.4. The number of anilines is 3. The van der Waals surface area contributed by atoms with Gasteiger partial charge < -0.3 is 10.4 Å². The lowest BCUT2D eigenvalue weighted by Gasteiger charge is -2.55. The second-order valence-corrected chi connectivity index (χ2v) is 13.3. The number of nitrogens with one attached hydrogen (secondary N) is 1. The lowest BCUT2D eigenvalue weighted by Crippen LogP contribution is -2.46. The van der Waals surface area contributed by atoms with Crippen LogP contribution in [0.3, 0.4) is 0 Å². The number of hydrogen-bond acceptors (Lipinski definition) is 5. The molecule has 0 spiro atoms. The van der Waals surface area contributed by atoms with Gasteiger partial charge in [-0.05, 0) is 116 Å². The molecule has 3 aliphatic rings. The summed E-state index contributed by atoms with van der Waals surface area (Å²) in [5.74, 6) is 1.73. The lowest BCUT2D eigenvalue weighted by atomic mass is 9.50. The molecular weight excluding hydrogens is 498 g/mol. The number of benzene rings is 2. The Morgan fingerprint density at radius 3 is 2.50 bits per heavy atom. The summed E-state index contributed by atoms with van der Waals surface area (Å²) in [6, 6.07) is 17.5. The zero-order valence-electron chi connectivity index (χ0n) is 21.5. The van der Waals surface area contributed by atoms with Gasteiger partial charge in [0.2, 0.25) is 0 Å². The average molecular weight is 532 g/mol. The van der Waals surface area contributed by atoms with Crippen LogP contribution in [0.1, 0.15) is 60.9 Å². The number of rotatable bonds is 7. The van der Waals surface area contributed by atoms with Crippen molar-refractivity contribution >= 4 is 33.2 Å². The molecule has 7 nitrogen and oxygen atoms in total. The molecule has 2 N–H and O–H groups in total. The van der Waals surface area contributed by atoms with E-state index >= 15 is 0 Å². The SMILES string of the molecule is CN(c1ccc(C23CCC4CCC(CC4C2)C3)cc1)S(=O)(=O)c1ccc(Nc2ncccc2C(=O)O)cc1. The van der Waals surface area contributed by atoms with Crippen LogP contribution in [-0.2, 0) is 15.4 Å². The van der Waals surface area contributed by atoms with E-state index in [0.29, 0.717) is 11.4 Å². The Labute approximate surface area is 224 Å². The fourth-order valence-corrected chi connectivity index (χ4v) is 8.46. The Balaban J connectivity index is 1.19. The third kappa shape index (κ3) is 4.34. The number of pyridine rings is 1.